The Balaban J connectivity index is 1.67. The van der Waals surface area contributed by atoms with Crippen LogP contribution >= 0.6 is 0 Å². The fourth-order valence-electron chi connectivity index (χ4n) is 2.92. The van der Waals surface area contributed by atoms with Crippen LogP contribution in [0.25, 0.3) is 0 Å². The number of nitrogens with zero attached hydrogens (tertiary/aromatic N) is 1. The summed E-state index contributed by atoms with van der Waals surface area (Å²) in [4.78, 5) is 2.43. The van der Waals surface area contributed by atoms with Gasteiger partial charge in [-0.3, -0.25) is 0 Å². The fraction of sp³-hybridized carbons (Fsp3) is 0.600. The summed E-state index contributed by atoms with van der Waals surface area (Å²) in [6, 6.07) is 9.70. The van der Waals surface area contributed by atoms with Crippen molar-refractivity contribution >= 4 is 5.69 Å². The molecule has 2 fully saturated rings. The third-order valence-electron chi connectivity index (χ3n) is 3.93. The molecular weight excluding hydrogens is 224 g/mol. The number of hydrogen-bond acceptors (Lipinski definition) is 3. The lowest BCUT2D eigenvalue weighted by Gasteiger charge is -2.29. The number of hydrogen-bond donors (Lipinski definition) is 1. The van der Waals surface area contributed by atoms with Crippen molar-refractivity contribution in [3.63, 3.8) is 0 Å². The lowest BCUT2D eigenvalue weighted by Crippen LogP contribution is -2.36. The Kier molecular flexibility index (Phi) is 3.81. The summed E-state index contributed by atoms with van der Waals surface area (Å²) in [7, 11) is 0. The average Bonchev–Trinajstić information content (AvgIpc) is 2.93. The molecule has 2 heterocycles. The second kappa shape index (κ2) is 5.72. The summed E-state index contributed by atoms with van der Waals surface area (Å²) in [5, 5.41) is 3.57. The van der Waals surface area contributed by atoms with Gasteiger partial charge < -0.3 is 15.0 Å². The third kappa shape index (κ3) is 2.85. The standard InChI is InChI=1S/C15H22N2O/c1-3-13(11-14-4-2-6-16-14)12-15(5-1)17-7-9-18-10-8-17/h1,3,5,12,14,16H,2,4,6-11H2. The van der Waals surface area contributed by atoms with Crippen molar-refractivity contribution in [2.45, 2.75) is 25.3 Å². The van der Waals surface area contributed by atoms with E-state index in [4.69, 9.17) is 4.74 Å². The van der Waals surface area contributed by atoms with Crippen LogP contribution in [0.15, 0.2) is 24.3 Å². The average molecular weight is 246 g/mol. The van der Waals surface area contributed by atoms with Crippen LogP contribution in [0.4, 0.5) is 5.69 Å². The van der Waals surface area contributed by atoms with E-state index in [2.05, 4.69) is 34.5 Å². The van der Waals surface area contributed by atoms with E-state index >= 15 is 0 Å². The molecule has 0 bridgehead atoms. The fourth-order valence-corrected chi connectivity index (χ4v) is 2.92. The zero-order chi connectivity index (χ0) is 12.2. The smallest absolute Gasteiger partial charge is 0.0642 e. The minimum atomic E-state index is 0.685. The maximum Gasteiger partial charge on any atom is 0.0642 e. The molecule has 1 atom stereocenters. The van der Waals surface area contributed by atoms with E-state index in [1.54, 1.807) is 0 Å². The molecule has 0 saturated carbocycles. The summed E-state index contributed by atoms with van der Waals surface area (Å²) in [6.07, 6.45) is 3.81. The monoisotopic (exact) mass is 246 g/mol. The van der Waals surface area contributed by atoms with Crippen molar-refractivity contribution in [3.8, 4) is 0 Å². The number of benzene rings is 1. The molecular formula is C15H22N2O. The number of nitrogens with one attached hydrogen (secondary N) is 1. The minimum absolute atomic E-state index is 0.685. The van der Waals surface area contributed by atoms with Gasteiger partial charge in [0.2, 0.25) is 0 Å². The van der Waals surface area contributed by atoms with Gasteiger partial charge >= 0.3 is 0 Å². The van der Waals surface area contributed by atoms with Crippen LogP contribution in [0.5, 0.6) is 0 Å². The summed E-state index contributed by atoms with van der Waals surface area (Å²) in [5.74, 6) is 0. The molecule has 1 N–H and O–H groups in total. The van der Waals surface area contributed by atoms with Crippen molar-refractivity contribution in [3.05, 3.63) is 29.8 Å². The highest BCUT2D eigenvalue weighted by atomic mass is 16.5. The molecule has 3 nitrogen and oxygen atoms in total. The zero-order valence-corrected chi connectivity index (χ0v) is 10.9. The second-order valence-corrected chi connectivity index (χ2v) is 5.27. The van der Waals surface area contributed by atoms with Crippen molar-refractivity contribution in [2.24, 2.45) is 0 Å². The number of ether oxygens (including phenoxy) is 1. The predicted molar refractivity (Wildman–Crippen MR) is 74.2 cm³/mol. The van der Waals surface area contributed by atoms with E-state index in [9.17, 15) is 0 Å². The SMILES string of the molecule is c1cc(CC2CCCN2)cc(N2CCOCC2)c1. The first kappa shape index (κ1) is 12.0. The predicted octanol–water partition coefficient (Wildman–Crippen LogP) is 1.82. The summed E-state index contributed by atoms with van der Waals surface area (Å²) < 4.78 is 5.41. The molecule has 98 valence electrons. The molecule has 2 aliphatic rings. The van der Waals surface area contributed by atoms with E-state index in [-0.39, 0.29) is 0 Å². The number of rotatable bonds is 3. The molecule has 2 aliphatic heterocycles. The van der Waals surface area contributed by atoms with Crippen molar-refractivity contribution < 1.29 is 4.74 Å². The van der Waals surface area contributed by atoms with Gasteiger partial charge in [0.05, 0.1) is 13.2 Å². The van der Waals surface area contributed by atoms with Gasteiger partial charge in [-0.15, -0.1) is 0 Å². The number of anilines is 1. The van der Waals surface area contributed by atoms with Crippen LogP contribution in [0.3, 0.4) is 0 Å². The van der Waals surface area contributed by atoms with Gasteiger partial charge in [0.15, 0.2) is 0 Å². The molecule has 2 saturated heterocycles. The molecule has 3 heteroatoms. The van der Waals surface area contributed by atoms with Crippen molar-refractivity contribution in [2.75, 3.05) is 37.7 Å². The van der Waals surface area contributed by atoms with E-state index < -0.39 is 0 Å². The Morgan fingerprint density at radius 2 is 2.17 bits per heavy atom. The van der Waals surface area contributed by atoms with E-state index in [0.29, 0.717) is 6.04 Å². The molecule has 18 heavy (non-hydrogen) atoms. The van der Waals surface area contributed by atoms with Crippen LogP contribution in [0.1, 0.15) is 18.4 Å². The summed E-state index contributed by atoms with van der Waals surface area (Å²) in [6.45, 7) is 4.94. The van der Waals surface area contributed by atoms with E-state index in [0.717, 1.165) is 32.7 Å². The first-order valence-electron chi connectivity index (χ1n) is 7.07. The van der Waals surface area contributed by atoms with Gasteiger partial charge in [-0.2, -0.15) is 0 Å². The lowest BCUT2D eigenvalue weighted by atomic mass is 10.0. The first-order valence-corrected chi connectivity index (χ1v) is 7.07. The van der Waals surface area contributed by atoms with Crippen LogP contribution in [-0.2, 0) is 11.2 Å². The number of morpholine rings is 1. The van der Waals surface area contributed by atoms with E-state index in [1.807, 2.05) is 0 Å². The molecule has 1 aromatic rings. The molecule has 0 radical (unpaired) electrons. The zero-order valence-electron chi connectivity index (χ0n) is 10.9. The maximum absolute atomic E-state index is 5.41. The maximum atomic E-state index is 5.41. The van der Waals surface area contributed by atoms with Crippen molar-refractivity contribution in [1.29, 1.82) is 0 Å². The second-order valence-electron chi connectivity index (χ2n) is 5.27. The van der Waals surface area contributed by atoms with Crippen LogP contribution < -0.4 is 10.2 Å². The van der Waals surface area contributed by atoms with Gasteiger partial charge in [0.25, 0.3) is 0 Å². The van der Waals surface area contributed by atoms with Crippen LogP contribution in [-0.4, -0.2) is 38.9 Å². The Morgan fingerprint density at radius 3 is 2.94 bits per heavy atom. The highest BCUT2D eigenvalue weighted by molar-refractivity contribution is 5.49. The third-order valence-corrected chi connectivity index (χ3v) is 3.93. The van der Waals surface area contributed by atoms with Crippen molar-refractivity contribution in [1.82, 2.24) is 5.32 Å². The molecule has 1 aromatic carbocycles. The largest absolute Gasteiger partial charge is 0.378 e. The Morgan fingerprint density at radius 1 is 1.28 bits per heavy atom. The Hall–Kier alpha value is -1.06. The summed E-state index contributed by atoms with van der Waals surface area (Å²) in [5.41, 5.74) is 2.81. The Bertz CT molecular complexity index is 382. The van der Waals surface area contributed by atoms with Gasteiger partial charge in [0, 0.05) is 24.8 Å². The van der Waals surface area contributed by atoms with Gasteiger partial charge in [0.1, 0.15) is 0 Å². The molecule has 0 aliphatic carbocycles. The lowest BCUT2D eigenvalue weighted by molar-refractivity contribution is 0.122. The van der Waals surface area contributed by atoms with Gasteiger partial charge in [-0.05, 0) is 43.5 Å². The van der Waals surface area contributed by atoms with Gasteiger partial charge in [-0.25, -0.2) is 0 Å². The molecule has 0 spiro atoms. The molecule has 0 aromatic heterocycles. The molecule has 0 amide bonds. The topological polar surface area (TPSA) is 24.5 Å². The quantitative estimate of drug-likeness (QED) is 0.880. The highest BCUT2D eigenvalue weighted by Gasteiger charge is 2.15. The van der Waals surface area contributed by atoms with Crippen LogP contribution in [0.2, 0.25) is 0 Å². The highest BCUT2D eigenvalue weighted by Crippen LogP contribution is 2.20. The first-order chi connectivity index (χ1) is 8.92. The van der Waals surface area contributed by atoms with Crippen LogP contribution in [0, 0.1) is 0 Å². The summed E-state index contributed by atoms with van der Waals surface area (Å²) >= 11 is 0. The van der Waals surface area contributed by atoms with Gasteiger partial charge in [-0.1, -0.05) is 12.1 Å². The Labute approximate surface area is 109 Å². The van der Waals surface area contributed by atoms with E-state index in [1.165, 1.54) is 30.6 Å². The molecule has 1 unspecified atom stereocenters. The normalized spacial score (nSPS) is 24.4. The minimum Gasteiger partial charge on any atom is -0.378 e. The molecule has 3 rings (SSSR count).